The molecular weight excluding hydrogens is 202 g/mol. The van der Waals surface area contributed by atoms with E-state index < -0.39 is 0 Å². The Hall–Kier alpha value is -0.160. The van der Waals surface area contributed by atoms with Gasteiger partial charge in [-0.25, -0.2) is 0 Å². The van der Waals surface area contributed by atoms with Crippen molar-refractivity contribution in [2.45, 2.75) is 19.9 Å². The summed E-state index contributed by atoms with van der Waals surface area (Å²) in [6.07, 6.45) is 0. The Morgan fingerprint density at radius 3 is 2.00 bits per heavy atom. The molecule has 0 aromatic rings. The maximum Gasteiger partial charge on any atom is 0.0626 e. The highest BCUT2D eigenvalue weighted by atomic mass is 16.5. The molecule has 96 valence electrons. The number of hydrogen-bond donors (Lipinski definition) is 1. The molecule has 0 aliphatic carbocycles. The summed E-state index contributed by atoms with van der Waals surface area (Å²) in [4.78, 5) is 4.99. The molecule has 16 heavy (non-hydrogen) atoms. The lowest BCUT2D eigenvalue weighted by molar-refractivity contribution is 0.101. The topological polar surface area (TPSA) is 41.7 Å². The minimum atomic E-state index is 0.154. The lowest BCUT2D eigenvalue weighted by Crippen LogP contribution is -2.51. The van der Waals surface area contributed by atoms with Crippen molar-refractivity contribution in [2.75, 3.05) is 53.0 Å². The summed E-state index contributed by atoms with van der Waals surface area (Å²) < 4.78 is 5.06. The van der Waals surface area contributed by atoms with Crippen molar-refractivity contribution in [2.24, 2.45) is 11.7 Å². The third-order valence-corrected chi connectivity index (χ3v) is 2.96. The Labute approximate surface area is 99.7 Å². The molecule has 1 aliphatic rings. The fraction of sp³-hybridized carbons (Fsp3) is 1.00. The molecule has 0 aromatic heterocycles. The summed E-state index contributed by atoms with van der Waals surface area (Å²) >= 11 is 0. The van der Waals surface area contributed by atoms with E-state index in [-0.39, 0.29) is 6.04 Å². The van der Waals surface area contributed by atoms with Crippen LogP contribution in [0.5, 0.6) is 0 Å². The zero-order valence-corrected chi connectivity index (χ0v) is 11.0. The first-order chi connectivity index (χ1) is 7.61. The zero-order chi connectivity index (χ0) is 12.0. The summed E-state index contributed by atoms with van der Waals surface area (Å²) in [5, 5.41) is 0. The molecule has 1 heterocycles. The Balaban J connectivity index is 2.16. The normalized spacial score (nSPS) is 21.6. The number of nitrogens with two attached hydrogens (primary N) is 1. The molecule has 1 saturated heterocycles. The lowest BCUT2D eigenvalue weighted by Gasteiger charge is -2.36. The van der Waals surface area contributed by atoms with Crippen LogP contribution in [0.25, 0.3) is 0 Å². The van der Waals surface area contributed by atoms with Gasteiger partial charge in [-0.1, -0.05) is 13.8 Å². The molecule has 1 fully saturated rings. The fourth-order valence-corrected chi connectivity index (χ4v) is 2.27. The smallest absolute Gasteiger partial charge is 0.0626 e. The monoisotopic (exact) mass is 229 g/mol. The summed E-state index contributed by atoms with van der Waals surface area (Å²) in [7, 11) is 1.71. The van der Waals surface area contributed by atoms with Gasteiger partial charge in [-0.15, -0.1) is 0 Å². The van der Waals surface area contributed by atoms with Gasteiger partial charge in [0, 0.05) is 52.4 Å². The highest BCUT2D eigenvalue weighted by Gasteiger charge is 2.18. The average molecular weight is 229 g/mol. The van der Waals surface area contributed by atoms with E-state index in [9.17, 15) is 0 Å². The maximum atomic E-state index is 5.95. The van der Waals surface area contributed by atoms with Crippen molar-refractivity contribution in [3.8, 4) is 0 Å². The predicted octanol–water partition coefficient (Wildman–Crippen LogP) is 0.234. The molecule has 4 nitrogen and oxygen atoms in total. The number of ether oxygens (including phenoxy) is 1. The molecule has 1 atom stereocenters. The first-order valence-corrected chi connectivity index (χ1v) is 6.31. The molecule has 1 unspecified atom stereocenters. The average Bonchev–Trinajstić information content (AvgIpc) is 2.20. The minimum absolute atomic E-state index is 0.154. The van der Waals surface area contributed by atoms with Crippen LogP contribution in [0, 0.1) is 5.92 Å². The molecular formula is C12H27N3O. The quantitative estimate of drug-likeness (QED) is 0.708. The van der Waals surface area contributed by atoms with Crippen LogP contribution in [0.3, 0.4) is 0 Å². The van der Waals surface area contributed by atoms with Gasteiger partial charge in [0.1, 0.15) is 0 Å². The minimum Gasteiger partial charge on any atom is -0.383 e. The van der Waals surface area contributed by atoms with Gasteiger partial charge >= 0.3 is 0 Å². The Bertz CT molecular complexity index is 179. The van der Waals surface area contributed by atoms with Gasteiger partial charge in [-0.05, 0) is 5.92 Å². The summed E-state index contributed by atoms with van der Waals surface area (Å²) in [6.45, 7) is 12.0. The molecule has 0 aromatic carbocycles. The molecule has 4 heteroatoms. The van der Waals surface area contributed by atoms with Gasteiger partial charge in [0.15, 0.2) is 0 Å². The third kappa shape index (κ3) is 5.25. The van der Waals surface area contributed by atoms with Crippen LogP contribution in [0.15, 0.2) is 0 Å². The second kappa shape index (κ2) is 7.22. The van der Waals surface area contributed by atoms with Crippen LogP contribution in [0.2, 0.25) is 0 Å². The molecule has 0 spiro atoms. The number of piperazine rings is 1. The summed E-state index contributed by atoms with van der Waals surface area (Å²) in [5.74, 6) is 0.766. The molecule has 2 N–H and O–H groups in total. The largest absolute Gasteiger partial charge is 0.383 e. The number of methoxy groups -OCH3 is 1. The van der Waals surface area contributed by atoms with Crippen molar-refractivity contribution in [1.82, 2.24) is 9.80 Å². The van der Waals surface area contributed by atoms with Crippen molar-refractivity contribution < 1.29 is 4.74 Å². The van der Waals surface area contributed by atoms with E-state index >= 15 is 0 Å². The molecule has 0 amide bonds. The Kier molecular flexibility index (Phi) is 6.28. The Morgan fingerprint density at radius 2 is 1.56 bits per heavy atom. The first kappa shape index (κ1) is 13.9. The molecule has 1 aliphatic heterocycles. The Morgan fingerprint density at radius 1 is 1.06 bits per heavy atom. The standard InChI is InChI=1S/C12H27N3O/c1-11(2)8-14-4-6-15(7-5-14)9-12(13)10-16-3/h11-12H,4-10,13H2,1-3H3. The highest BCUT2D eigenvalue weighted by molar-refractivity contribution is 4.76. The highest BCUT2D eigenvalue weighted by Crippen LogP contribution is 2.05. The predicted molar refractivity (Wildman–Crippen MR) is 67.6 cm³/mol. The molecule has 0 saturated carbocycles. The number of hydrogen-bond acceptors (Lipinski definition) is 4. The summed E-state index contributed by atoms with van der Waals surface area (Å²) in [6, 6.07) is 0.154. The van der Waals surface area contributed by atoms with Gasteiger partial charge in [0.2, 0.25) is 0 Å². The molecule has 0 bridgehead atoms. The molecule has 1 rings (SSSR count). The van der Waals surface area contributed by atoms with Crippen LogP contribution in [0.4, 0.5) is 0 Å². The molecule has 0 radical (unpaired) electrons. The van der Waals surface area contributed by atoms with Crippen LogP contribution in [-0.4, -0.2) is 68.8 Å². The van der Waals surface area contributed by atoms with E-state index in [1.54, 1.807) is 7.11 Å². The van der Waals surface area contributed by atoms with Crippen LogP contribution in [-0.2, 0) is 4.74 Å². The lowest BCUT2D eigenvalue weighted by atomic mass is 10.2. The van der Waals surface area contributed by atoms with E-state index in [0.717, 1.165) is 25.6 Å². The van der Waals surface area contributed by atoms with E-state index in [2.05, 4.69) is 23.6 Å². The van der Waals surface area contributed by atoms with Gasteiger partial charge in [0.25, 0.3) is 0 Å². The number of rotatable bonds is 6. The van der Waals surface area contributed by atoms with Crippen LogP contribution < -0.4 is 5.73 Å². The van der Waals surface area contributed by atoms with Crippen molar-refractivity contribution in [3.63, 3.8) is 0 Å². The second-order valence-electron chi connectivity index (χ2n) is 5.21. The summed E-state index contributed by atoms with van der Waals surface area (Å²) in [5.41, 5.74) is 5.95. The first-order valence-electron chi connectivity index (χ1n) is 6.31. The number of nitrogens with zero attached hydrogens (tertiary/aromatic N) is 2. The van der Waals surface area contributed by atoms with E-state index in [4.69, 9.17) is 10.5 Å². The van der Waals surface area contributed by atoms with Crippen molar-refractivity contribution in [3.05, 3.63) is 0 Å². The SMILES string of the molecule is COCC(N)CN1CCN(CC(C)C)CC1. The van der Waals surface area contributed by atoms with Crippen molar-refractivity contribution in [1.29, 1.82) is 0 Å². The van der Waals surface area contributed by atoms with Crippen LogP contribution >= 0.6 is 0 Å². The maximum absolute atomic E-state index is 5.95. The fourth-order valence-electron chi connectivity index (χ4n) is 2.27. The van der Waals surface area contributed by atoms with Gasteiger partial charge < -0.3 is 15.4 Å². The van der Waals surface area contributed by atoms with Gasteiger partial charge in [0.05, 0.1) is 6.61 Å². The van der Waals surface area contributed by atoms with Crippen LogP contribution in [0.1, 0.15) is 13.8 Å². The van der Waals surface area contributed by atoms with E-state index in [0.29, 0.717) is 6.61 Å². The van der Waals surface area contributed by atoms with E-state index in [1.165, 1.54) is 19.6 Å². The second-order valence-corrected chi connectivity index (χ2v) is 5.21. The van der Waals surface area contributed by atoms with Crippen molar-refractivity contribution >= 4 is 0 Å². The zero-order valence-electron chi connectivity index (χ0n) is 11.0. The van der Waals surface area contributed by atoms with E-state index in [1.807, 2.05) is 0 Å². The third-order valence-electron chi connectivity index (χ3n) is 2.96. The van der Waals surface area contributed by atoms with Gasteiger partial charge in [-0.3, -0.25) is 4.90 Å². The van der Waals surface area contributed by atoms with Gasteiger partial charge in [-0.2, -0.15) is 0 Å².